The van der Waals surface area contributed by atoms with Gasteiger partial charge in [0.25, 0.3) is 0 Å². The third-order valence-electron chi connectivity index (χ3n) is 1.51. The molecule has 0 spiro atoms. The minimum atomic E-state index is -0.308. The van der Waals surface area contributed by atoms with Crippen molar-refractivity contribution < 1.29 is 0 Å². The van der Waals surface area contributed by atoms with Crippen LogP contribution in [-0.4, -0.2) is 18.7 Å². The highest BCUT2D eigenvalue weighted by Gasteiger charge is 2.14. The molecule has 1 atom stereocenters. The monoisotopic (exact) mass is 280 g/mol. The fourth-order valence-electron chi connectivity index (χ4n) is 0.982. The van der Waals surface area contributed by atoms with Gasteiger partial charge in [-0.15, -0.1) is 0 Å². The topological polar surface area (TPSA) is 62.4 Å². The summed E-state index contributed by atoms with van der Waals surface area (Å²) in [6, 6.07) is 0. The first-order chi connectivity index (χ1) is 5.65. The quantitative estimate of drug-likeness (QED) is 0.613. The second-order valence-corrected chi connectivity index (χ2v) is 3.61. The first kappa shape index (κ1) is 9.79. The van der Waals surface area contributed by atoms with Gasteiger partial charge in [0.05, 0.1) is 3.58 Å². The highest BCUT2D eigenvalue weighted by molar-refractivity contribution is 14.1. The predicted molar refractivity (Wildman–Crippen MR) is 58.9 cm³/mol. The molecular weight excluding hydrogens is 267 g/mol. The Kier molecular flexibility index (Phi) is 3.33. The smallest absolute Gasteiger partial charge is 0.173 e. The Hall–Kier alpha value is -0.300. The molecule has 1 unspecified atom stereocenters. The molecular formula is C7H13IN4. The summed E-state index contributed by atoms with van der Waals surface area (Å²) in [6.07, 6.45) is -0.308. The van der Waals surface area contributed by atoms with Crippen LogP contribution in [0.3, 0.4) is 0 Å². The number of allylic oxidation sites excluding steroid dienone is 1. The lowest BCUT2D eigenvalue weighted by atomic mass is 10.3. The van der Waals surface area contributed by atoms with E-state index in [0.29, 0.717) is 0 Å². The van der Waals surface area contributed by atoms with Crippen LogP contribution in [0.5, 0.6) is 0 Å². The van der Waals surface area contributed by atoms with Crippen LogP contribution in [0.25, 0.3) is 0 Å². The number of hydrogen-bond donors (Lipinski definition) is 3. The summed E-state index contributed by atoms with van der Waals surface area (Å²) in [7, 11) is 0. The average Bonchev–Trinajstić information content (AvgIpc) is 2.00. The molecule has 1 aliphatic rings. The van der Waals surface area contributed by atoms with Gasteiger partial charge in [-0.05, 0) is 36.4 Å². The highest BCUT2D eigenvalue weighted by atomic mass is 127. The van der Waals surface area contributed by atoms with Crippen LogP contribution in [0.15, 0.2) is 14.3 Å². The van der Waals surface area contributed by atoms with Crippen molar-refractivity contribution in [2.24, 2.45) is 10.7 Å². The van der Waals surface area contributed by atoms with Crippen molar-refractivity contribution in [2.45, 2.75) is 20.1 Å². The summed E-state index contributed by atoms with van der Waals surface area (Å²) >= 11 is 2.25. The summed E-state index contributed by atoms with van der Waals surface area (Å²) in [6.45, 7) is 4.90. The van der Waals surface area contributed by atoms with Gasteiger partial charge in [-0.25, -0.2) is 4.99 Å². The minimum absolute atomic E-state index is 0.308. The molecule has 0 saturated carbocycles. The molecule has 0 amide bonds. The zero-order valence-corrected chi connectivity index (χ0v) is 9.34. The van der Waals surface area contributed by atoms with Crippen molar-refractivity contribution in [3.63, 3.8) is 0 Å². The third kappa shape index (κ3) is 2.10. The van der Waals surface area contributed by atoms with Crippen LogP contribution < -0.4 is 16.4 Å². The van der Waals surface area contributed by atoms with Crippen LogP contribution in [0.2, 0.25) is 0 Å². The van der Waals surface area contributed by atoms with Crippen molar-refractivity contribution >= 4 is 28.4 Å². The van der Waals surface area contributed by atoms with E-state index in [1.165, 1.54) is 0 Å². The maximum absolute atomic E-state index is 5.63. The number of amidine groups is 1. The molecule has 68 valence electrons. The zero-order valence-electron chi connectivity index (χ0n) is 7.19. The second kappa shape index (κ2) is 4.08. The lowest BCUT2D eigenvalue weighted by Gasteiger charge is -2.21. The molecule has 1 rings (SSSR count). The van der Waals surface area contributed by atoms with E-state index >= 15 is 0 Å². The summed E-state index contributed by atoms with van der Waals surface area (Å²) in [4.78, 5) is 4.21. The Balaban J connectivity index is 2.81. The van der Waals surface area contributed by atoms with Gasteiger partial charge in [-0.2, -0.15) is 0 Å². The van der Waals surface area contributed by atoms with Crippen molar-refractivity contribution in [1.82, 2.24) is 10.6 Å². The summed E-state index contributed by atoms with van der Waals surface area (Å²) < 4.78 is 1.11. The summed E-state index contributed by atoms with van der Waals surface area (Å²) in [5, 5.41) is 6.20. The molecule has 4 nitrogen and oxygen atoms in total. The van der Waals surface area contributed by atoms with Gasteiger partial charge >= 0.3 is 0 Å². The first-order valence-electron chi connectivity index (χ1n) is 3.85. The van der Waals surface area contributed by atoms with E-state index in [1.54, 1.807) is 0 Å². The Morgan fingerprint density at radius 3 is 3.00 bits per heavy atom. The fraction of sp³-hybridized carbons (Fsp3) is 0.571. The Labute approximate surface area is 85.8 Å². The molecule has 5 heteroatoms. The van der Waals surface area contributed by atoms with Gasteiger partial charge in [0.2, 0.25) is 0 Å². The van der Waals surface area contributed by atoms with E-state index < -0.39 is 0 Å². The maximum Gasteiger partial charge on any atom is 0.173 e. The largest absolute Gasteiger partial charge is 0.370 e. The van der Waals surface area contributed by atoms with Crippen LogP contribution >= 0.6 is 22.6 Å². The second-order valence-electron chi connectivity index (χ2n) is 2.54. The molecule has 0 aromatic rings. The van der Waals surface area contributed by atoms with E-state index in [9.17, 15) is 0 Å². The van der Waals surface area contributed by atoms with Gasteiger partial charge in [0, 0.05) is 12.2 Å². The number of hydrogen-bond acceptors (Lipinski definition) is 4. The van der Waals surface area contributed by atoms with Crippen LogP contribution in [0.4, 0.5) is 0 Å². The van der Waals surface area contributed by atoms with E-state index in [0.717, 1.165) is 21.7 Å². The number of likely N-dealkylation sites (N-methyl/N-ethyl adjacent to an activating group) is 1. The third-order valence-corrected chi connectivity index (χ3v) is 2.83. The molecule has 1 aliphatic heterocycles. The number of rotatable bonds is 1. The van der Waals surface area contributed by atoms with Gasteiger partial charge in [-0.1, -0.05) is 0 Å². The van der Waals surface area contributed by atoms with Crippen molar-refractivity contribution in [3.05, 3.63) is 9.28 Å². The van der Waals surface area contributed by atoms with E-state index in [2.05, 4.69) is 38.2 Å². The number of nitrogens with two attached hydrogens (primary N) is 1. The van der Waals surface area contributed by atoms with Crippen molar-refractivity contribution in [1.29, 1.82) is 0 Å². The standard InChI is InChI=1S/C7H13IN4/c1-3-10-6-5(8)4(2)11-7(9)12-6/h7,11H,3,9H2,1-2H3,(H,10,12). The van der Waals surface area contributed by atoms with Crippen molar-refractivity contribution in [2.75, 3.05) is 6.54 Å². The molecule has 0 fully saturated rings. The predicted octanol–water partition coefficient (Wildman–Crippen LogP) is 0.506. The van der Waals surface area contributed by atoms with Gasteiger partial charge in [0.1, 0.15) is 5.84 Å². The molecule has 0 aliphatic carbocycles. The SMILES string of the molecule is CCNC1=NC(N)NC(C)=C1I. The Morgan fingerprint density at radius 1 is 1.75 bits per heavy atom. The van der Waals surface area contributed by atoms with E-state index in [4.69, 9.17) is 5.73 Å². The molecule has 0 bridgehead atoms. The Bertz CT molecular complexity index is 234. The van der Waals surface area contributed by atoms with Crippen LogP contribution in [0, 0.1) is 0 Å². The molecule has 0 aromatic carbocycles. The molecule has 0 radical (unpaired) electrons. The minimum Gasteiger partial charge on any atom is -0.370 e. The molecule has 0 aromatic heterocycles. The summed E-state index contributed by atoms with van der Waals surface area (Å²) in [5.41, 5.74) is 6.71. The van der Waals surface area contributed by atoms with E-state index in [-0.39, 0.29) is 6.29 Å². The average molecular weight is 280 g/mol. The molecule has 1 heterocycles. The van der Waals surface area contributed by atoms with Gasteiger partial charge < -0.3 is 10.6 Å². The first-order valence-corrected chi connectivity index (χ1v) is 4.93. The Morgan fingerprint density at radius 2 is 2.42 bits per heavy atom. The van der Waals surface area contributed by atoms with E-state index in [1.807, 2.05) is 13.8 Å². The molecule has 4 N–H and O–H groups in total. The maximum atomic E-state index is 5.63. The number of aliphatic imine (C=N–C) groups is 1. The molecule has 0 saturated heterocycles. The lowest BCUT2D eigenvalue weighted by molar-refractivity contribution is 0.602. The summed E-state index contributed by atoms with van der Waals surface area (Å²) in [5.74, 6) is 0.891. The van der Waals surface area contributed by atoms with Gasteiger partial charge in [0.15, 0.2) is 6.29 Å². The highest BCUT2D eigenvalue weighted by Crippen LogP contribution is 2.15. The molecule has 12 heavy (non-hydrogen) atoms. The number of halogens is 1. The van der Waals surface area contributed by atoms with Crippen LogP contribution in [0.1, 0.15) is 13.8 Å². The normalized spacial score (nSPS) is 23.3. The number of nitrogens with one attached hydrogen (secondary N) is 2. The lowest BCUT2D eigenvalue weighted by Crippen LogP contribution is -2.42. The van der Waals surface area contributed by atoms with Crippen LogP contribution in [-0.2, 0) is 0 Å². The van der Waals surface area contributed by atoms with Gasteiger partial charge in [-0.3, -0.25) is 5.73 Å². The van der Waals surface area contributed by atoms with Crippen molar-refractivity contribution in [3.8, 4) is 0 Å². The zero-order chi connectivity index (χ0) is 9.14. The number of nitrogens with zero attached hydrogens (tertiary/aromatic N) is 1. The fourth-order valence-corrected chi connectivity index (χ4v) is 1.47.